The SMILES string of the molecule is CC/C=C\C/C=C\C/C=C\C/C=C\C/C=C\C/C=C\C/C=C\CC(=O)NC(COP(=O)(O)OCC(O)COC(=O)CCCCCCCCCCCC/C=C\C/C=C\C/C=C\CCCCC)C(=O)O. The number of carboxylic acid groups (broad SMARTS) is 1. The van der Waals surface area contributed by atoms with Crippen LogP contribution in [-0.2, 0) is 32.7 Å². The van der Waals surface area contributed by atoms with E-state index in [1.54, 1.807) is 12.2 Å². The Labute approximate surface area is 411 Å². The third-order valence-corrected chi connectivity index (χ3v) is 11.2. The molecule has 0 bridgehead atoms. The van der Waals surface area contributed by atoms with Crippen LogP contribution in [0.3, 0.4) is 0 Å². The monoisotopic (exact) mass is 968 g/mol. The van der Waals surface area contributed by atoms with E-state index in [4.69, 9.17) is 13.8 Å². The van der Waals surface area contributed by atoms with Gasteiger partial charge in [0, 0.05) is 12.8 Å². The standard InChI is InChI=1S/C56H90NO10P/c1-3-5-7-9-11-13-15-17-19-21-23-25-26-28-30-32-34-36-38-40-42-44-46-48-55(60)65-49-52(58)50-66-68(63,64)67-51-53(56(61)62)57-54(59)47-45-43-41-39-37-35-33-31-29-27-24-22-20-18-16-14-12-10-8-6-4-2/h6,8,11-14,17-20,23-25,27,31,33,37,39,43,45,52-53,58H,3-5,7,9-10,15-16,21-22,26,28-30,32,34-36,38,40-42,44,46-51H2,1-2H3,(H,57,59)(H,61,62)(H,63,64)/b8-6-,13-11-,14-12-,19-17-,20-18-,25-23-,27-24-,33-31-,39-37-,45-43-. The molecule has 0 aliphatic rings. The first-order valence-corrected chi connectivity index (χ1v) is 27.1. The largest absolute Gasteiger partial charge is 0.480 e. The van der Waals surface area contributed by atoms with Crippen molar-refractivity contribution < 1.29 is 47.8 Å². The van der Waals surface area contributed by atoms with Crippen molar-refractivity contribution in [1.82, 2.24) is 5.32 Å². The Morgan fingerprint density at radius 1 is 0.500 bits per heavy atom. The van der Waals surface area contributed by atoms with Crippen molar-refractivity contribution in [2.45, 2.75) is 193 Å². The van der Waals surface area contributed by atoms with Crippen molar-refractivity contribution in [3.63, 3.8) is 0 Å². The summed E-state index contributed by atoms with van der Waals surface area (Å²) in [5.74, 6) is -2.57. The van der Waals surface area contributed by atoms with E-state index in [-0.39, 0.29) is 12.8 Å². The minimum atomic E-state index is -4.80. The maximum atomic E-state index is 12.3. The van der Waals surface area contributed by atoms with Crippen molar-refractivity contribution >= 4 is 25.7 Å². The first-order chi connectivity index (χ1) is 33.1. The third-order valence-electron chi connectivity index (χ3n) is 10.3. The van der Waals surface area contributed by atoms with Crippen LogP contribution in [0.25, 0.3) is 0 Å². The molecule has 0 aliphatic carbocycles. The van der Waals surface area contributed by atoms with Crippen molar-refractivity contribution in [2.24, 2.45) is 0 Å². The molecule has 0 saturated heterocycles. The normalized spacial score (nSPS) is 14.5. The van der Waals surface area contributed by atoms with Crippen LogP contribution in [0.1, 0.15) is 181 Å². The molecule has 0 rings (SSSR count). The maximum absolute atomic E-state index is 12.3. The fraction of sp³-hybridized carbons (Fsp3) is 0.589. The van der Waals surface area contributed by atoms with E-state index in [2.05, 4.69) is 116 Å². The van der Waals surface area contributed by atoms with Crippen molar-refractivity contribution in [2.75, 3.05) is 19.8 Å². The van der Waals surface area contributed by atoms with Gasteiger partial charge >= 0.3 is 19.8 Å². The highest BCUT2D eigenvalue weighted by Crippen LogP contribution is 2.43. The highest BCUT2D eigenvalue weighted by atomic mass is 31.2. The third kappa shape index (κ3) is 48.3. The van der Waals surface area contributed by atoms with E-state index < -0.39 is 57.6 Å². The maximum Gasteiger partial charge on any atom is 0.472 e. The van der Waals surface area contributed by atoms with Gasteiger partial charge in [-0.1, -0.05) is 200 Å². The lowest BCUT2D eigenvalue weighted by Gasteiger charge is -2.18. The molecule has 0 aromatic rings. The van der Waals surface area contributed by atoms with Gasteiger partial charge in [-0.05, 0) is 89.9 Å². The van der Waals surface area contributed by atoms with Crippen LogP contribution < -0.4 is 5.32 Å². The van der Waals surface area contributed by atoms with Crippen LogP contribution >= 0.6 is 7.82 Å². The minimum absolute atomic E-state index is 0.0965. The summed E-state index contributed by atoms with van der Waals surface area (Å²) in [6.45, 7) is 2.38. The number of carbonyl (C=O) groups is 3. The molecule has 0 heterocycles. The van der Waals surface area contributed by atoms with Gasteiger partial charge in [0.15, 0.2) is 6.04 Å². The second kappa shape index (κ2) is 49.3. The number of aliphatic hydroxyl groups is 1. The van der Waals surface area contributed by atoms with E-state index in [0.29, 0.717) is 12.8 Å². The summed E-state index contributed by atoms with van der Waals surface area (Å²) >= 11 is 0. The van der Waals surface area contributed by atoms with Gasteiger partial charge in [-0.2, -0.15) is 0 Å². The molecule has 0 aliphatic heterocycles. The number of unbranched alkanes of at least 4 members (excludes halogenated alkanes) is 13. The van der Waals surface area contributed by atoms with Gasteiger partial charge in [-0.25, -0.2) is 9.36 Å². The van der Waals surface area contributed by atoms with Crippen LogP contribution in [-0.4, -0.2) is 64.9 Å². The Balaban J connectivity index is 3.97. The van der Waals surface area contributed by atoms with Gasteiger partial charge in [0.25, 0.3) is 0 Å². The molecular formula is C56H90NO10P. The highest BCUT2D eigenvalue weighted by molar-refractivity contribution is 7.47. The van der Waals surface area contributed by atoms with Crippen LogP contribution in [0, 0.1) is 0 Å². The van der Waals surface area contributed by atoms with Crippen LogP contribution in [0.15, 0.2) is 122 Å². The Morgan fingerprint density at radius 3 is 1.32 bits per heavy atom. The second-order valence-corrected chi connectivity index (χ2v) is 18.1. The summed E-state index contributed by atoms with van der Waals surface area (Å²) in [7, 11) is -4.80. The molecule has 11 nitrogen and oxygen atoms in total. The Bertz CT molecular complexity index is 1610. The van der Waals surface area contributed by atoms with E-state index in [0.717, 1.165) is 77.0 Å². The number of rotatable bonds is 46. The molecule has 0 aromatic carbocycles. The molecule has 384 valence electrons. The number of amides is 1. The number of aliphatic carboxylic acids is 1. The van der Waals surface area contributed by atoms with Crippen molar-refractivity contribution in [3.8, 4) is 0 Å². The summed E-state index contributed by atoms with van der Waals surface area (Å²) in [6, 6.07) is -1.61. The number of aliphatic hydroxyl groups excluding tert-OH is 1. The summed E-state index contributed by atoms with van der Waals surface area (Å²) in [6.07, 6.45) is 66.8. The molecule has 0 spiro atoms. The molecule has 0 aromatic heterocycles. The zero-order valence-corrected chi connectivity index (χ0v) is 42.7. The highest BCUT2D eigenvalue weighted by Gasteiger charge is 2.28. The number of ether oxygens (including phenoxy) is 1. The minimum Gasteiger partial charge on any atom is -0.480 e. The van der Waals surface area contributed by atoms with Crippen molar-refractivity contribution in [1.29, 1.82) is 0 Å². The molecule has 68 heavy (non-hydrogen) atoms. The van der Waals surface area contributed by atoms with E-state index >= 15 is 0 Å². The van der Waals surface area contributed by atoms with E-state index in [9.17, 15) is 34.1 Å². The molecule has 3 unspecified atom stereocenters. The smallest absolute Gasteiger partial charge is 0.472 e. The lowest BCUT2D eigenvalue weighted by atomic mass is 10.1. The van der Waals surface area contributed by atoms with Gasteiger partial charge in [0.2, 0.25) is 5.91 Å². The molecule has 0 radical (unpaired) electrons. The van der Waals surface area contributed by atoms with Gasteiger partial charge in [0.1, 0.15) is 12.7 Å². The Hall–Kier alpha value is -4.12. The number of phosphoric acid groups is 1. The van der Waals surface area contributed by atoms with Gasteiger partial charge in [-0.3, -0.25) is 18.6 Å². The van der Waals surface area contributed by atoms with Gasteiger partial charge in [-0.15, -0.1) is 0 Å². The second-order valence-electron chi connectivity index (χ2n) is 16.6. The number of hydrogen-bond donors (Lipinski definition) is 4. The zero-order chi connectivity index (χ0) is 49.9. The lowest BCUT2D eigenvalue weighted by molar-refractivity contribution is -0.147. The first kappa shape index (κ1) is 63.9. The predicted molar refractivity (Wildman–Crippen MR) is 281 cm³/mol. The number of phosphoric ester groups is 1. The summed E-state index contributed by atoms with van der Waals surface area (Å²) < 4.78 is 26.9. The quantitative estimate of drug-likeness (QED) is 0.0199. The van der Waals surface area contributed by atoms with Crippen molar-refractivity contribution in [3.05, 3.63) is 122 Å². The van der Waals surface area contributed by atoms with Gasteiger partial charge in [0.05, 0.1) is 13.2 Å². The molecule has 4 N–H and O–H groups in total. The number of nitrogens with one attached hydrogen (secondary N) is 1. The Morgan fingerprint density at radius 2 is 0.882 bits per heavy atom. The number of carbonyl (C=O) groups excluding carboxylic acids is 2. The van der Waals surface area contributed by atoms with E-state index in [1.165, 1.54) is 64.2 Å². The van der Waals surface area contributed by atoms with Crippen LogP contribution in [0.4, 0.5) is 0 Å². The average molecular weight is 968 g/mol. The average Bonchev–Trinajstić information content (AvgIpc) is 3.32. The van der Waals surface area contributed by atoms with Gasteiger partial charge < -0.3 is 25.2 Å². The molecule has 12 heteroatoms. The fourth-order valence-corrected chi connectivity index (χ4v) is 7.11. The Kier molecular flexibility index (Phi) is 46.3. The molecular weight excluding hydrogens is 878 g/mol. The summed E-state index contributed by atoms with van der Waals surface area (Å²) in [5, 5.41) is 21.8. The zero-order valence-electron chi connectivity index (χ0n) is 41.9. The summed E-state index contributed by atoms with van der Waals surface area (Å²) in [4.78, 5) is 46.1. The molecule has 1 amide bonds. The number of hydrogen-bond acceptors (Lipinski definition) is 8. The topological polar surface area (TPSA) is 169 Å². The molecule has 0 fully saturated rings. The molecule has 3 atom stereocenters. The summed E-state index contributed by atoms with van der Waals surface area (Å²) in [5.41, 5.74) is 0. The lowest BCUT2D eigenvalue weighted by Crippen LogP contribution is -2.43. The van der Waals surface area contributed by atoms with Crippen LogP contribution in [0.2, 0.25) is 0 Å². The molecule has 0 saturated carbocycles. The first-order valence-electron chi connectivity index (χ1n) is 25.6. The van der Waals surface area contributed by atoms with Crippen LogP contribution in [0.5, 0.6) is 0 Å². The fourth-order valence-electron chi connectivity index (χ4n) is 6.34. The number of esters is 1. The predicted octanol–water partition coefficient (Wildman–Crippen LogP) is 14.3. The van der Waals surface area contributed by atoms with E-state index in [1.807, 2.05) is 12.2 Å². The number of carboxylic acids is 1. The number of allylic oxidation sites excluding steroid dienone is 19.